The molecule has 0 spiro atoms. The predicted octanol–water partition coefficient (Wildman–Crippen LogP) is 4.49. The van der Waals surface area contributed by atoms with Crippen LogP contribution in [0, 0.1) is 4.77 Å². The summed E-state index contributed by atoms with van der Waals surface area (Å²) >= 11 is 11.5. The first-order valence-corrected chi connectivity index (χ1v) is 9.35. The highest BCUT2D eigenvalue weighted by Crippen LogP contribution is 2.32. The van der Waals surface area contributed by atoms with Crippen LogP contribution in [0.3, 0.4) is 0 Å². The SMILES string of the molecule is CCc1n[nH]c(=S)n1NCc1cccc(OC)c1OCc1ccccc1Cl. The van der Waals surface area contributed by atoms with Crippen LogP contribution in [-0.2, 0) is 19.6 Å². The first kappa shape index (κ1) is 19.3. The van der Waals surface area contributed by atoms with Gasteiger partial charge in [-0.15, -0.1) is 0 Å². The summed E-state index contributed by atoms with van der Waals surface area (Å²) in [6, 6.07) is 13.4. The van der Waals surface area contributed by atoms with Gasteiger partial charge in [-0.3, -0.25) is 5.10 Å². The molecule has 0 fully saturated rings. The number of nitrogens with one attached hydrogen (secondary N) is 2. The van der Waals surface area contributed by atoms with Crippen molar-refractivity contribution in [2.45, 2.75) is 26.5 Å². The average molecular weight is 405 g/mol. The van der Waals surface area contributed by atoms with Crippen molar-refractivity contribution in [2.75, 3.05) is 12.5 Å². The Hall–Kier alpha value is -2.51. The van der Waals surface area contributed by atoms with Crippen LogP contribution in [-0.4, -0.2) is 22.0 Å². The van der Waals surface area contributed by atoms with Gasteiger partial charge in [0.05, 0.1) is 13.7 Å². The smallest absolute Gasteiger partial charge is 0.214 e. The maximum absolute atomic E-state index is 6.23. The Morgan fingerprint density at radius 1 is 1.19 bits per heavy atom. The number of hydrogen-bond donors (Lipinski definition) is 2. The molecule has 0 atom stereocenters. The van der Waals surface area contributed by atoms with E-state index < -0.39 is 0 Å². The standard InChI is InChI=1S/C19H21ClN4O2S/c1-3-17-22-23-19(27)24(17)21-11-13-8-6-10-16(25-2)18(13)26-12-14-7-4-5-9-15(14)20/h4-10,21H,3,11-12H2,1-2H3,(H,23,27). The van der Waals surface area contributed by atoms with Gasteiger partial charge in [-0.1, -0.05) is 48.9 Å². The number of methoxy groups -OCH3 is 1. The number of rotatable bonds is 8. The largest absolute Gasteiger partial charge is 0.493 e. The van der Waals surface area contributed by atoms with Gasteiger partial charge in [0.1, 0.15) is 6.61 Å². The molecule has 2 aromatic carbocycles. The van der Waals surface area contributed by atoms with Crippen molar-refractivity contribution < 1.29 is 9.47 Å². The van der Waals surface area contributed by atoms with E-state index in [2.05, 4.69) is 15.6 Å². The number of nitrogens with zero attached hydrogens (tertiary/aromatic N) is 2. The minimum atomic E-state index is 0.346. The fourth-order valence-electron chi connectivity index (χ4n) is 2.68. The van der Waals surface area contributed by atoms with Crippen LogP contribution in [0.25, 0.3) is 0 Å². The molecule has 0 saturated carbocycles. The molecule has 0 aliphatic rings. The Bertz CT molecular complexity index is 970. The number of benzene rings is 2. The van der Waals surface area contributed by atoms with Crippen molar-refractivity contribution in [2.24, 2.45) is 0 Å². The van der Waals surface area contributed by atoms with Gasteiger partial charge in [0.2, 0.25) is 4.77 Å². The number of halogens is 1. The van der Waals surface area contributed by atoms with E-state index in [1.54, 1.807) is 11.8 Å². The summed E-state index contributed by atoms with van der Waals surface area (Å²) in [7, 11) is 1.62. The molecule has 27 heavy (non-hydrogen) atoms. The molecule has 3 aromatic rings. The van der Waals surface area contributed by atoms with Crippen LogP contribution in [0.5, 0.6) is 11.5 Å². The summed E-state index contributed by atoms with van der Waals surface area (Å²) in [6.45, 7) is 2.86. The molecule has 0 radical (unpaired) electrons. The Morgan fingerprint density at radius 3 is 2.70 bits per heavy atom. The van der Waals surface area contributed by atoms with E-state index in [-0.39, 0.29) is 0 Å². The molecule has 0 unspecified atom stereocenters. The van der Waals surface area contributed by atoms with E-state index in [1.165, 1.54) is 0 Å². The Morgan fingerprint density at radius 2 is 1.96 bits per heavy atom. The molecule has 142 valence electrons. The fourth-order valence-corrected chi connectivity index (χ4v) is 3.09. The third-order valence-corrected chi connectivity index (χ3v) is 4.74. The summed E-state index contributed by atoms with van der Waals surface area (Å²) in [6.07, 6.45) is 0.758. The first-order valence-electron chi connectivity index (χ1n) is 8.56. The second-order valence-electron chi connectivity index (χ2n) is 5.80. The molecule has 3 rings (SSSR count). The van der Waals surface area contributed by atoms with E-state index in [0.717, 1.165) is 23.4 Å². The Labute approximate surface area is 168 Å². The monoisotopic (exact) mass is 404 g/mol. The van der Waals surface area contributed by atoms with Crippen molar-refractivity contribution in [3.8, 4) is 11.5 Å². The van der Waals surface area contributed by atoms with E-state index in [4.69, 9.17) is 33.3 Å². The number of ether oxygens (including phenoxy) is 2. The zero-order chi connectivity index (χ0) is 19.2. The van der Waals surface area contributed by atoms with Gasteiger partial charge in [-0.25, -0.2) is 4.68 Å². The summed E-state index contributed by atoms with van der Waals surface area (Å²) in [5, 5.41) is 7.67. The zero-order valence-corrected chi connectivity index (χ0v) is 16.7. The van der Waals surface area contributed by atoms with Gasteiger partial charge in [0, 0.05) is 22.6 Å². The molecule has 0 bridgehead atoms. The predicted molar refractivity (Wildman–Crippen MR) is 109 cm³/mol. The van der Waals surface area contributed by atoms with Gasteiger partial charge in [0.15, 0.2) is 17.3 Å². The number of aromatic nitrogens is 3. The lowest BCUT2D eigenvalue weighted by atomic mass is 10.2. The molecular weight excluding hydrogens is 384 g/mol. The minimum absolute atomic E-state index is 0.346. The highest BCUT2D eigenvalue weighted by atomic mass is 35.5. The van der Waals surface area contributed by atoms with E-state index in [9.17, 15) is 0 Å². The Balaban J connectivity index is 1.82. The molecular formula is C19H21ClN4O2S. The van der Waals surface area contributed by atoms with Crippen LogP contribution in [0.2, 0.25) is 5.02 Å². The molecule has 0 aliphatic heterocycles. The molecule has 0 amide bonds. The van der Waals surface area contributed by atoms with Crippen LogP contribution < -0.4 is 14.9 Å². The molecule has 2 N–H and O–H groups in total. The van der Waals surface area contributed by atoms with Gasteiger partial charge < -0.3 is 14.9 Å². The van der Waals surface area contributed by atoms with Gasteiger partial charge in [-0.2, -0.15) is 5.10 Å². The second kappa shape index (κ2) is 8.92. The van der Waals surface area contributed by atoms with Gasteiger partial charge >= 0.3 is 0 Å². The van der Waals surface area contributed by atoms with Crippen LogP contribution >= 0.6 is 23.8 Å². The van der Waals surface area contributed by atoms with Gasteiger partial charge in [-0.05, 0) is 24.4 Å². The van der Waals surface area contributed by atoms with Crippen molar-refractivity contribution in [3.05, 3.63) is 69.2 Å². The quantitative estimate of drug-likeness (QED) is 0.541. The summed E-state index contributed by atoms with van der Waals surface area (Å²) in [5.41, 5.74) is 5.14. The average Bonchev–Trinajstić information content (AvgIpc) is 3.05. The number of H-pyrrole nitrogens is 1. The zero-order valence-electron chi connectivity index (χ0n) is 15.2. The van der Waals surface area contributed by atoms with E-state index >= 15 is 0 Å². The van der Waals surface area contributed by atoms with Gasteiger partial charge in [0.25, 0.3) is 0 Å². The second-order valence-corrected chi connectivity index (χ2v) is 6.59. The maximum atomic E-state index is 6.23. The molecule has 1 heterocycles. The fraction of sp³-hybridized carbons (Fsp3) is 0.263. The maximum Gasteiger partial charge on any atom is 0.214 e. The normalized spacial score (nSPS) is 10.6. The lowest BCUT2D eigenvalue weighted by Gasteiger charge is -2.17. The van der Waals surface area contributed by atoms with Crippen LogP contribution in [0.15, 0.2) is 42.5 Å². The molecule has 1 aromatic heterocycles. The number of aryl methyl sites for hydroxylation is 1. The number of aromatic amines is 1. The van der Waals surface area contributed by atoms with Crippen LogP contribution in [0.4, 0.5) is 0 Å². The third-order valence-electron chi connectivity index (χ3n) is 4.10. The number of hydrogen-bond acceptors (Lipinski definition) is 5. The van der Waals surface area contributed by atoms with E-state index in [1.807, 2.05) is 49.4 Å². The van der Waals surface area contributed by atoms with Crippen molar-refractivity contribution in [1.82, 2.24) is 14.9 Å². The summed E-state index contributed by atoms with van der Waals surface area (Å²) < 4.78 is 13.8. The highest BCUT2D eigenvalue weighted by molar-refractivity contribution is 7.71. The van der Waals surface area contributed by atoms with Crippen molar-refractivity contribution >= 4 is 23.8 Å². The van der Waals surface area contributed by atoms with Crippen molar-refractivity contribution in [1.29, 1.82) is 0 Å². The molecule has 0 saturated heterocycles. The Kier molecular flexibility index (Phi) is 6.36. The molecule has 8 heteroatoms. The molecule has 0 aliphatic carbocycles. The van der Waals surface area contributed by atoms with Crippen LogP contribution in [0.1, 0.15) is 23.9 Å². The third kappa shape index (κ3) is 4.43. The number of para-hydroxylation sites is 1. The highest BCUT2D eigenvalue weighted by Gasteiger charge is 2.13. The lowest BCUT2D eigenvalue weighted by Crippen LogP contribution is -2.18. The minimum Gasteiger partial charge on any atom is -0.493 e. The topological polar surface area (TPSA) is 64.1 Å². The first-order chi connectivity index (χ1) is 13.1. The van der Waals surface area contributed by atoms with E-state index in [0.29, 0.717) is 34.4 Å². The summed E-state index contributed by atoms with van der Waals surface area (Å²) in [5.74, 6) is 2.16. The van der Waals surface area contributed by atoms with Crippen molar-refractivity contribution in [3.63, 3.8) is 0 Å². The lowest BCUT2D eigenvalue weighted by molar-refractivity contribution is 0.281. The molecule has 6 nitrogen and oxygen atoms in total. The summed E-state index contributed by atoms with van der Waals surface area (Å²) in [4.78, 5) is 0.